The van der Waals surface area contributed by atoms with Gasteiger partial charge in [-0.25, -0.2) is 0 Å². The summed E-state index contributed by atoms with van der Waals surface area (Å²) in [5, 5.41) is 6.85. The molecule has 1 saturated heterocycles. The molecular weight excluding hydrogens is 358 g/mol. The van der Waals surface area contributed by atoms with Gasteiger partial charge in [-0.1, -0.05) is 12.1 Å². The molecule has 3 rings (SSSR count). The second-order valence-corrected chi connectivity index (χ2v) is 7.18. The van der Waals surface area contributed by atoms with E-state index in [0.29, 0.717) is 29.2 Å². The van der Waals surface area contributed by atoms with Crippen LogP contribution < -0.4 is 11.1 Å². The highest BCUT2D eigenvalue weighted by Gasteiger charge is 2.29. The number of carbonyl (C=O) groups is 3. The average molecular weight is 383 g/mol. The molecule has 1 fully saturated rings. The highest BCUT2D eigenvalue weighted by atomic mass is 16.2. The van der Waals surface area contributed by atoms with Crippen molar-refractivity contribution in [3.8, 4) is 0 Å². The summed E-state index contributed by atoms with van der Waals surface area (Å²) in [7, 11) is 1.73. The average Bonchev–Trinajstić information content (AvgIpc) is 3.19. The van der Waals surface area contributed by atoms with E-state index >= 15 is 0 Å². The largest absolute Gasteiger partial charge is 0.368 e. The number of aryl methyl sites for hydroxylation is 2. The monoisotopic (exact) mass is 383 g/mol. The van der Waals surface area contributed by atoms with E-state index in [9.17, 15) is 14.4 Å². The topological polar surface area (TPSA) is 110 Å². The summed E-state index contributed by atoms with van der Waals surface area (Å²) >= 11 is 0. The molecule has 0 bridgehead atoms. The molecule has 1 aliphatic heterocycles. The van der Waals surface area contributed by atoms with Crippen molar-refractivity contribution < 1.29 is 14.4 Å². The van der Waals surface area contributed by atoms with E-state index in [2.05, 4.69) is 10.4 Å². The van der Waals surface area contributed by atoms with Gasteiger partial charge in [0, 0.05) is 25.0 Å². The zero-order chi connectivity index (χ0) is 20.4. The third kappa shape index (κ3) is 3.96. The van der Waals surface area contributed by atoms with Gasteiger partial charge in [0.2, 0.25) is 5.91 Å². The summed E-state index contributed by atoms with van der Waals surface area (Å²) in [6.07, 6.45) is 1.70. The fraction of sp³-hybridized carbons (Fsp3) is 0.400. The van der Waals surface area contributed by atoms with Gasteiger partial charge in [0.15, 0.2) is 0 Å². The number of nitrogens with zero attached hydrogens (tertiary/aromatic N) is 3. The van der Waals surface area contributed by atoms with Gasteiger partial charge < -0.3 is 11.1 Å². The molecule has 2 aromatic rings. The number of benzene rings is 1. The lowest BCUT2D eigenvalue weighted by Gasteiger charge is -2.22. The lowest BCUT2D eigenvalue weighted by molar-refractivity contribution is -0.122. The second-order valence-electron chi connectivity index (χ2n) is 7.18. The van der Waals surface area contributed by atoms with Crippen LogP contribution in [0.15, 0.2) is 24.3 Å². The summed E-state index contributed by atoms with van der Waals surface area (Å²) in [6, 6.07) is 7.02. The van der Waals surface area contributed by atoms with Crippen LogP contribution in [0.1, 0.15) is 40.2 Å². The highest BCUT2D eigenvalue weighted by Crippen LogP contribution is 2.21. The number of nitrogens with two attached hydrogens (primary N) is 1. The predicted octanol–water partition coefficient (Wildman–Crippen LogP) is 1.31. The Hall–Kier alpha value is -3.00. The Morgan fingerprint density at radius 1 is 1.29 bits per heavy atom. The van der Waals surface area contributed by atoms with E-state index in [1.165, 1.54) is 0 Å². The van der Waals surface area contributed by atoms with E-state index in [-0.39, 0.29) is 11.9 Å². The Morgan fingerprint density at radius 2 is 2.04 bits per heavy atom. The van der Waals surface area contributed by atoms with Crippen LogP contribution in [0.25, 0.3) is 0 Å². The molecule has 28 heavy (non-hydrogen) atoms. The molecule has 0 saturated carbocycles. The van der Waals surface area contributed by atoms with Crippen molar-refractivity contribution in [3.05, 3.63) is 46.8 Å². The molecular formula is C20H25N5O3. The Labute approximate surface area is 163 Å². The van der Waals surface area contributed by atoms with E-state index in [0.717, 1.165) is 24.9 Å². The first-order valence-electron chi connectivity index (χ1n) is 9.26. The molecule has 8 nitrogen and oxygen atoms in total. The van der Waals surface area contributed by atoms with Gasteiger partial charge in [0.05, 0.1) is 17.3 Å². The maximum Gasteiger partial charge on any atom is 0.296 e. The first-order chi connectivity index (χ1) is 13.3. The summed E-state index contributed by atoms with van der Waals surface area (Å²) in [6.45, 7) is 4.83. The Morgan fingerprint density at radius 3 is 2.68 bits per heavy atom. The van der Waals surface area contributed by atoms with Crippen molar-refractivity contribution in [2.45, 2.75) is 39.3 Å². The molecule has 3 N–H and O–H groups in total. The number of primary amides is 1. The minimum Gasteiger partial charge on any atom is -0.368 e. The van der Waals surface area contributed by atoms with Crippen LogP contribution in [0.5, 0.6) is 0 Å². The Bertz CT molecular complexity index is 934. The standard InChI is InChI=1S/C20H25N5O3/c1-12-17(13(2)24(3)23-12)18(26)20(28)22-15-7-4-6-14(10-15)11-25-9-5-8-16(25)19(21)27/h4,6-7,10,16H,5,8-9,11H2,1-3H3,(H2,21,27)(H,22,28). The van der Waals surface area contributed by atoms with Gasteiger partial charge in [0.25, 0.3) is 11.7 Å². The lowest BCUT2D eigenvalue weighted by atomic mass is 10.1. The third-order valence-electron chi connectivity index (χ3n) is 5.20. The number of carbonyl (C=O) groups excluding carboxylic acids is 3. The summed E-state index contributed by atoms with van der Waals surface area (Å²) < 4.78 is 1.58. The number of anilines is 1. The van der Waals surface area contributed by atoms with E-state index in [1.807, 2.05) is 23.1 Å². The van der Waals surface area contributed by atoms with Gasteiger partial charge in [-0.15, -0.1) is 0 Å². The number of ketones is 1. The van der Waals surface area contributed by atoms with Crippen molar-refractivity contribution in [1.82, 2.24) is 14.7 Å². The highest BCUT2D eigenvalue weighted by molar-refractivity contribution is 6.47. The van der Waals surface area contributed by atoms with Crippen molar-refractivity contribution in [1.29, 1.82) is 0 Å². The van der Waals surface area contributed by atoms with Gasteiger partial charge in [0.1, 0.15) is 0 Å². The predicted molar refractivity (Wildman–Crippen MR) is 105 cm³/mol. The number of aromatic nitrogens is 2. The Kier molecular flexibility index (Phi) is 5.60. The second kappa shape index (κ2) is 7.93. The lowest BCUT2D eigenvalue weighted by Crippen LogP contribution is -2.39. The van der Waals surface area contributed by atoms with E-state index in [4.69, 9.17) is 5.73 Å². The van der Waals surface area contributed by atoms with E-state index < -0.39 is 11.7 Å². The maximum atomic E-state index is 12.6. The zero-order valence-electron chi connectivity index (χ0n) is 16.4. The number of rotatable bonds is 6. The van der Waals surface area contributed by atoms with Crippen molar-refractivity contribution in [2.75, 3.05) is 11.9 Å². The molecule has 8 heteroatoms. The molecule has 0 aliphatic carbocycles. The number of hydrogen-bond acceptors (Lipinski definition) is 5. The molecule has 1 atom stereocenters. The van der Waals surface area contributed by atoms with Crippen LogP contribution in [-0.2, 0) is 23.2 Å². The number of likely N-dealkylation sites (tertiary alicyclic amines) is 1. The van der Waals surface area contributed by atoms with Crippen LogP contribution in [0, 0.1) is 13.8 Å². The Balaban J connectivity index is 1.71. The minimum atomic E-state index is -0.701. The van der Waals surface area contributed by atoms with Crippen molar-refractivity contribution in [2.24, 2.45) is 12.8 Å². The zero-order valence-corrected chi connectivity index (χ0v) is 16.4. The molecule has 1 aromatic carbocycles. The van der Waals surface area contributed by atoms with E-state index in [1.54, 1.807) is 31.6 Å². The number of hydrogen-bond donors (Lipinski definition) is 2. The van der Waals surface area contributed by atoms with Crippen LogP contribution >= 0.6 is 0 Å². The minimum absolute atomic E-state index is 0.253. The smallest absolute Gasteiger partial charge is 0.296 e. The first-order valence-corrected chi connectivity index (χ1v) is 9.26. The first kappa shape index (κ1) is 19.8. The van der Waals surface area contributed by atoms with Crippen LogP contribution in [0.4, 0.5) is 5.69 Å². The van der Waals surface area contributed by atoms with Gasteiger partial charge in [-0.2, -0.15) is 5.10 Å². The quantitative estimate of drug-likeness (QED) is 0.577. The summed E-state index contributed by atoms with van der Waals surface area (Å²) in [5.74, 6) is -1.62. The van der Waals surface area contributed by atoms with Gasteiger partial charge in [-0.05, 0) is 50.9 Å². The number of nitrogens with one attached hydrogen (secondary N) is 1. The SMILES string of the molecule is Cc1nn(C)c(C)c1C(=O)C(=O)Nc1cccc(CN2CCCC2C(N)=O)c1. The van der Waals surface area contributed by atoms with Crippen molar-refractivity contribution >= 4 is 23.3 Å². The van der Waals surface area contributed by atoms with Crippen LogP contribution in [-0.4, -0.2) is 44.9 Å². The fourth-order valence-corrected chi connectivity index (χ4v) is 3.72. The van der Waals surface area contributed by atoms with Gasteiger partial charge >= 0.3 is 0 Å². The fourth-order valence-electron chi connectivity index (χ4n) is 3.72. The maximum absolute atomic E-state index is 12.6. The van der Waals surface area contributed by atoms with Gasteiger partial charge in [-0.3, -0.25) is 24.0 Å². The number of Topliss-reactive ketones (excluding diaryl/α,β-unsaturated/α-hetero) is 1. The molecule has 148 valence electrons. The number of amides is 2. The molecule has 2 amide bonds. The van der Waals surface area contributed by atoms with Crippen LogP contribution in [0.3, 0.4) is 0 Å². The van der Waals surface area contributed by atoms with Crippen LogP contribution in [0.2, 0.25) is 0 Å². The summed E-state index contributed by atoms with van der Waals surface area (Å²) in [5.41, 5.74) is 8.45. The molecule has 1 unspecified atom stereocenters. The van der Waals surface area contributed by atoms with Crippen molar-refractivity contribution in [3.63, 3.8) is 0 Å². The molecule has 0 radical (unpaired) electrons. The summed E-state index contributed by atoms with van der Waals surface area (Å²) in [4.78, 5) is 38.6. The molecule has 1 aliphatic rings. The molecule has 2 heterocycles. The normalized spacial score (nSPS) is 16.9. The third-order valence-corrected chi connectivity index (χ3v) is 5.20. The molecule has 0 spiro atoms. The molecule has 1 aromatic heterocycles.